The lowest BCUT2D eigenvalue weighted by atomic mass is 10.2. The molecule has 110 valence electrons. The first-order chi connectivity index (χ1) is 10.1. The highest BCUT2D eigenvalue weighted by Crippen LogP contribution is 2.24. The van der Waals surface area contributed by atoms with Crippen molar-refractivity contribution in [3.8, 4) is 0 Å². The molecule has 21 heavy (non-hydrogen) atoms. The fourth-order valence-electron chi connectivity index (χ4n) is 2.54. The lowest BCUT2D eigenvalue weighted by Crippen LogP contribution is -2.47. The average Bonchev–Trinajstić information content (AvgIpc) is 2.47. The Morgan fingerprint density at radius 2 is 1.81 bits per heavy atom. The van der Waals surface area contributed by atoms with Gasteiger partial charge in [0.1, 0.15) is 0 Å². The fraction of sp³-hybridized carbons (Fsp3) is 0.267. The van der Waals surface area contributed by atoms with E-state index in [1.807, 2.05) is 29.2 Å². The summed E-state index contributed by atoms with van der Waals surface area (Å²) in [5.74, 6) is 0.132. The van der Waals surface area contributed by atoms with Crippen LogP contribution in [0.25, 0.3) is 0 Å². The molecule has 0 aliphatic carbocycles. The van der Waals surface area contributed by atoms with E-state index in [4.69, 9.17) is 5.73 Å². The van der Waals surface area contributed by atoms with Crippen molar-refractivity contribution in [2.45, 2.75) is 0 Å². The van der Waals surface area contributed by atoms with Crippen LogP contribution in [0.5, 0.6) is 0 Å². The number of hydrogen-bond acceptors (Lipinski definition) is 4. The maximum absolute atomic E-state index is 13.9. The monoisotopic (exact) mass is 350 g/mol. The van der Waals surface area contributed by atoms with E-state index >= 15 is 0 Å². The lowest BCUT2D eigenvalue weighted by molar-refractivity contribution is 0.588. The lowest BCUT2D eigenvalue weighted by Gasteiger charge is -2.36. The Morgan fingerprint density at radius 1 is 1.10 bits per heavy atom. The zero-order chi connectivity index (χ0) is 14.8. The van der Waals surface area contributed by atoms with E-state index < -0.39 is 0 Å². The molecule has 2 heterocycles. The number of anilines is 3. The summed E-state index contributed by atoms with van der Waals surface area (Å²) in [6.45, 7) is 3.11. The smallest absolute Gasteiger partial charge is 0.166 e. The number of piperazine rings is 1. The molecular formula is C15H16BrFN4. The Hall–Kier alpha value is -1.82. The second-order valence-electron chi connectivity index (χ2n) is 5.03. The first-order valence-electron chi connectivity index (χ1n) is 6.80. The van der Waals surface area contributed by atoms with Crippen LogP contribution >= 0.6 is 15.9 Å². The SMILES string of the molecule is Nc1cccc(N2CCN(c3ncc(Br)cc3F)CC2)c1. The minimum atomic E-state index is -0.290. The zero-order valence-electron chi connectivity index (χ0n) is 11.5. The van der Waals surface area contributed by atoms with Crippen molar-refractivity contribution in [1.82, 2.24) is 4.98 Å². The maximum atomic E-state index is 13.9. The van der Waals surface area contributed by atoms with E-state index in [-0.39, 0.29) is 5.82 Å². The summed E-state index contributed by atoms with van der Waals surface area (Å²) in [5, 5.41) is 0. The highest BCUT2D eigenvalue weighted by Gasteiger charge is 2.20. The van der Waals surface area contributed by atoms with Gasteiger partial charge in [0, 0.05) is 48.2 Å². The Morgan fingerprint density at radius 3 is 2.48 bits per heavy atom. The number of rotatable bonds is 2. The molecule has 0 radical (unpaired) electrons. The van der Waals surface area contributed by atoms with Crippen LogP contribution < -0.4 is 15.5 Å². The average molecular weight is 351 g/mol. The zero-order valence-corrected chi connectivity index (χ0v) is 13.1. The van der Waals surface area contributed by atoms with Gasteiger partial charge < -0.3 is 15.5 Å². The molecule has 0 spiro atoms. The number of nitrogens with two attached hydrogens (primary N) is 1. The van der Waals surface area contributed by atoms with Gasteiger partial charge in [-0.1, -0.05) is 6.07 Å². The van der Waals surface area contributed by atoms with Gasteiger partial charge in [0.05, 0.1) is 0 Å². The summed E-state index contributed by atoms with van der Waals surface area (Å²) in [6.07, 6.45) is 1.63. The van der Waals surface area contributed by atoms with Crippen molar-refractivity contribution in [2.24, 2.45) is 0 Å². The molecular weight excluding hydrogens is 335 g/mol. The molecule has 1 saturated heterocycles. The van der Waals surface area contributed by atoms with Crippen LogP contribution in [-0.4, -0.2) is 31.2 Å². The molecule has 6 heteroatoms. The summed E-state index contributed by atoms with van der Waals surface area (Å²) in [7, 11) is 0. The quantitative estimate of drug-likeness (QED) is 0.846. The Bertz CT molecular complexity index is 641. The molecule has 0 unspecified atom stereocenters. The second-order valence-corrected chi connectivity index (χ2v) is 5.94. The highest BCUT2D eigenvalue weighted by molar-refractivity contribution is 9.10. The standard InChI is InChI=1S/C15H16BrFN4/c16-11-8-14(17)15(19-10-11)21-6-4-20(5-7-21)13-3-1-2-12(18)9-13/h1-3,8-10H,4-7,18H2. The van der Waals surface area contributed by atoms with Crippen molar-refractivity contribution in [1.29, 1.82) is 0 Å². The van der Waals surface area contributed by atoms with Crippen molar-refractivity contribution < 1.29 is 4.39 Å². The number of hydrogen-bond donors (Lipinski definition) is 1. The van der Waals surface area contributed by atoms with E-state index in [0.29, 0.717) is 10.3 Å². The second kappa shape index (κ2) is 5.89. The van der Waals surface area contributed by atoms with Crippen LogP contribution in [-0.2, 0) is 0 Å². The molecule has 0 atom stereocenters. The van der Waals surface area contributed by atoms with Crippen LogP contribution in [0.1, 0.15) is 0 Å². The van der Waals surface area contributed by atoms with E-state index in [9.17, 15) is 4.39 Å². The number of nitrogen functional groups attached to an aromatic ring is 1. The number of pyridine rings is 1. The Kier molecular flexibility index (Phi) is 3.96. The van der Waals surface area contributed by atoms with E-state index in [0.717, 1.165) is 37.6 Å². The summed E-state index contributed by atoms with van der Waals surface area (Å²) in [4.78, 5) is 8.41. The molecule has 1 aliphatic rings. The van der Waals surface area contributed by atoms with Crippen LogP contribution in [0.3, 0.4) is 0 Å². The van der Waals surface area contributed by atoms with Gasteiger partial charge in [0.15, 0.2) is 11.6 Å². The van der Waals surface area contributed by atoms with E-state index in [1.54, 1.807) is 6.20 Å². The van der Waals surface area contributed by atoms with Crippen LogP contribution in [0, 0.1) is 5.82 Å². The van der Waals surface area contributed by atoms with Gasteiger partial charge in [0.2, 0.25) is 0 Å². The number of halogens is 2. The van der Waals surface area contributed by atoms with Gasteiger partial charge in [-0.2, -0.15) is 0 Å². The van der Waals surface area contributed by atoms with E-state index in [1.165, 1.54) is 6.07 Å². The minimum absolute atomic E-state index is 0.290. The van der Waals surface area contributed by atoms with Crippen LogP contribution in [0.4, 0.5) is 21.6 Å². The molecule has 0 bridgehead atoms. The highest BCUT2D eigenvalue weighted by atomic mass is 79.9. The van der Waals surface area contributed by atoms with Gasteiger partial charge in [-0.05, 0) is 40.2 Å². The summed E-state index contributed by atoms with van der Waals surface area (Å²) in [5.41, 5.74) is 7.69. The van der Waals surface area contributed by atoms with Crippen LogP contribution in [0.2, 0.25) is 0 Å². The van der Waals surface area contributed by atoms with Crippen molar-refractivity contribution in [3.63, 3.8) is 0 Å². The molecule has 4 nitrogen and oxygen atoms in total. The summed E-state index contributed by atoms with van der Waals surface area (Å²) < 4.78 is 14.6. The largest absolute Gasteiger partial charge is 0.399 e. The number of benzene rings is 1. The predicted molar refractivity (Wildman–Crippen MR) is 87.2 cm³/mol. The Labute approximate surface area is 131 Å². The molecule has 2 N–H and O–H groups in total. The predicted octanol–water partition coefficient (Wildman–Crippen LogP) is 2.89. The fourth-order valence-corrected chi connectivity index (χ4v) is 2.84. The van der Waals surface area contributed by atoms with Gasteiger partial charge >= 0.3 is 0 Å². The first-order valence-corrected chi connectivity index (χ1v) is 7.59. The van der Waals surface area contributed by atoms with Gasteiger partial charge in [0.25, 0.3) is 0 Å². The van der Waals surface area contributed by atoms with Crippen molar-refractivity contribution >= 4 is 33.1 Å². The summed E-state index contributed by atoms with van der Waals surface area (Å²) >= 11 is 3.23. The maximum Gasteiger partial charge on any atom is 0.166 e. The third-order valence-electron chi connectivity index (χ3n) is 3.60. The molecule has 1 aromatic heterocycles. The molecule has 1 aliphatic heterocycles. The number of aromatic nitrogens is 1. The Balaban J connectivity index is 1.70. The molecule has 1 aromatic carbocycles. The van der Waals surface area contributed by atoms with Gasteiger partial charge in [-0.3, -0.25) is 0 Å². The molecule has 2 aromatic rings. The molecule has 3 rings (SSSR count). The third kappa shape index (κ3) is 3.10. The van der Waals surface area contributed by atoms with Crippen LogP contribution in [0.15, 0.2) is 41.0 Å². The third-order valence-corrected chi connectivity index (χ3v) is 4.04. The normalized spacial score (nSPS) is 15.3. The molecule has 0 amide bonds. The summed E-state index contributed by atoms with van der Waals surface area (Å²) in [6, 6.07) is 9.29. The van der Waals surface area contributed by atoms with E-state index in [2.05, 4.69) is 25.8 Å². The number of nitrogens with zero attached hydrogens (tertiary/aromatic N) is 3. The first kappa shape index (κ1) is 14.1. The van der Waals surface area contributed by atoms with Gasteiger partial charge in [-0.15, -0.1) is 0 Å². The topological polar surface area (TPSA) is 45.4 Å². The van der Waals surface area contributed by atoms with Crippen molar-refractivity contribution in [2.75, 3.05) is 41.7 Å². The molecule has 0 saturated carbocycles. The molecule has 1 fully saturated rings. The minimum Gasteiger partial charge on any atom is -0.399 e. The van der Waals surface area contributed by atoms with Gasteiger partial charge in [-0.25, -0.2) is 9.37 Å². The van der Waals surface area contributed by atoms with Crippen molar-refractivity contribution in [3.05, 3.63) is 46.8 Å².